The molecule has 1 N–H and O–H groups in total. The van der Waals surface area contributed by atoms with Gasteiger partial charge in [-0.05, 0) is 40.4 Å². The topological polar surface area (TPSA) is 20.2 Å². The Morgan fingerprint density at radius 1 is 1.31 bits per heavy atom. The van der Waals surface area contributed by atoms with E-state index in [0.717, 1.165) is 10.9 Å². The highest BCUT2D eigenvalue weighted by Crippen LogP contribution is 2.28. The van der Waals surface area contributed by atoms with Crippen LogP contribution in [0.5, 0.6) is 5.75 Å². The standard InChI is InChI=1S/C11H15BrO/c1-2-3-4-6-9-7-5-8-10(13)11(9)12/h5,7-8,13H,2-4,6H2,1H3. The Morgan fingerprint density at radius 2 is 2.08 bits per heavy atom. The Morgan fingerprint density at radius 3 is 2.77 bits per heavy atom. The zero-order valence-corrected chi connectivity index (χ0v) is 9.47. The van der Waals surface area contributed by atoms with Gasteiger partial charge in [-0.25, -0.2) is 0 Å². The average molecular weight is 243 g/mol. The number of unbranched alkanes of at least 4 members (excludes halogenated alkanes) is 2. The van der Waals surface area contributed by atoms with E-state index in [2.05, 4.69) is 28.9 Å². The minimum Gasteiger partial charge on any atom is -0.507 e. The molecular weight excluding hydrogens is 228 g/mol. The van der Waals surface area contributed by atoms with E-state index in [9.17, 15) is 5.11 Å². The highest BCUT2D eigenvalue weighted by molar-refractivity contribution is 9.10. The van der Waals surface area contributed by atoms with E-state index in [4.69, 9.17) is 0 Å². The molecule has 0 bridgehead atoms. The summed E-state index contributed by atoms with van der Waals surface area (Å²) in [5.41, 5.74) is 1.20. The lowest BCUT2D eigenvalue weighted by Gasteiger charge is -2.04. The van der Waals surface area contributed by atoms with Crippen LogP contribution in [-0.4, -0.2) is 5.11 Å². The lowest BCUT2D eigenvalue weighted by molar-refractivity contribution is 0.470. The lowest BCUT2D eigenvalue weighted by atomic mass is 10.1. The van der Waals surface area contributed by atoms with Crippen molar-refractivity contribution in [2.45, 2.75) is 32.6 Å². The summed E-state index contributed by atoms with van der Waals surface area (Å²) in [4.78, 5) is 0. The van der Waals surface area contributed by atoms with Gasteiger partial charge in [0.1, 0.15) is 5.75 Å². The monoisotopic (exact) mass is 242 g/mol. The first-order valence-electron chi connectivity index (χ1n) is 4.72. The molecule has 13 heavy (non-hydrogen) atoms. The molecular formula is C11H15BrO. The fraction of sp³-hybridized carbons (Fsp3) is 0.455. The number of rotatable bonds is 4. The average Bonchev–Trinajstić information content (AvgIpc) is 2.13. The number of hydrogen-bond acceptors (Lipinski definition) is 1. The van der Waals surface area contributed by atoms with Crippen molar-refractivity contribution in [1.29, 1.82) is 0 Å². The lowest BCUT2D eigenvalue weighted by Crippen LogP contribution is -1.87. The van der Waals surface area contributed by atoms with Gasteiger partial charge in [-0.1, -0.05) is 31.9 Å². The molecule has 0 radical (unpaired) electrons. The van der Waals surface area contributed by atoms with Gasteiger partial charge in [0.25, 0.3) is 0 Å². The predicted octanol–water partition coefficient (Wildman–Crippen LogP) is 3.89. The van der Waals surface area contributed by atoms with E-state index in [1.807, 2.05) is 6.07 Å². The van der Waals surface area contributed by atoms with Crippen molar-refractivity contribution in [3.8, 4) is 5.75 Å². The fourth-order valence-corrected chi connectivity index (χ4v) is 1.79. The summed E-state index contributed by atoms with van der Waals surface area (Å²) in [6, 6.07) is 5.65. The Kier molecular flexibility index (Phi) is 4.29. The van der Waals surface area contributed by atoms with Crippen molar-refractivity contribution in [3.63, 3.8) is 0 Å². The Balaban J connectivity index is 2.61. The molecule has 0 unspecified atom stereocenters. The third-order valence-electron chi connectivity index (χ3n) is 2.11. The third kappa shape index (κ3) is 3.03. The molecule has 0 spiro atoms. The molecule has 0 aliphatic rings. The Bertz CT molecular complexity index is 271. The van der Waals surface area contributed by atoms with E-state index >= 15 is 0 Å². The maximum atomic E-state index is 9.41. The van der Waals surface area contributed by atoms with Gasteiger partial charge in [0.2, 0.25) is 0 Å². The van der Waals surface area contributed by atoms with Gasteiger partial charge >= 0.3 is 0 Å². The molecule has 1 aromatic rings. The van der Waals surface area contributed by atoms with Crippen LogP contribution >= 0.6 is 15.9 Å². The van der Waals surface area contributed by atoms with Crippen molar-refractivity contribution >= 4 is 15.9 Å². The molecule has 0 aliphatic carbocycles. The number of benzene rings is 1. The predicted molar refractivity (Wildman–Crippen MR) is 59.0 cm³/mol. The van der Waals surface area contributed by atoms with Gasteiger partial charge in [-0.2, -0.15) is 0 Å². The second-order valence-corrected chi connectivity index (χ2v) is 4.00. The number of aromatic hydroxyl groups is 1. The highest BCUT2D eigenvalue weighted by atomic mass is 79.9. The van der Waals surface area contributed by atoms with Crippen LogP contribution in [0.15, 0.2) is 22.7 Å². The maximum Gasteiger partial charge on any atom is 0.130 e. The summed E-state index contributed by atoms with van der Waals surface area (Å²) < 4.78 is 0.853. The van der Waals surface area contributed by atoms with Crippen LogP contribution in [0.2, 0.25) is 0 Å². The van der Waals surface area contributed by atoms with Crippen molar-refractivity contribution in [1.82, 2.24) is 0 Å². The Hall–Kier alpha value is -0.500. The fourth-order valence-electron chi connectivity index (χ4n) is 1.32. The molecule has 2 heteroatoms. The van der Waals surface area contributed by atoms with Crippen LogP contribution in [-0.2, 0) is 6.42 Å². The van der Waals surface area contributed by atoms with E-state index in [-0.39, 0.29) is 0 Å². The van der Waals surface area contributed by atoms with Crippen molar-refractivity contribution < 1.29 is 5.11 Å². The van der Waals surface area contributed by atoms with Gasteiger partial charge in [-0.15, -0.1) is 0 Å². The summed E-state index contributed by atoms with van der Waals surface area (Å²) in [6.45, 7) is 2.19. The molecule has 0 heterocycles. The molecule has 0 saturated heterocycles. The highest BCUT2D eigenvalue weighted by Gasteiger charge is 2.02. The van der Waals surface area contributed by atoms with Crippen LogP contribution in [0.1, 0.15) is 31.7 Å². The van der Waals surface area contributed by atoms with Crippen LogP contribution in [0.3, 0.4) is 0 Å². The minimum atomic E-state index is 0.342. The Labute approximate surface area is 87.9 Å². The molecule has 0 saturated carbocycles. The van der Waals surface area contributed by atoms with Crippen LogP contribution < -0.4 is 0 Å². The summed E-state index contributed by atoms with van der Waals surface area (Å²) in [6.07, 6.45) is 4.72. The second-order valence-electron chi connectivity index (χ2n) is 3.21. The number of phenols is 1. The van der Waals surface area contributed by atoms with Crippen LogP contribution in [0, 0.1) is 0 Å². The van der Waals surface area contributed by atoms with E-state index < -0.39 is 0 Å². The summed E-state index contributed by atoms with van der Waals surface area (Å²) in [7, 11) is 0. The quantitative estimate of drug-likeness (QED) is 0.795. The van der Waals surface area contributed by atoms with Crippen LogP contribution in [0.4, 0.5) is 0 Å². The van der Waals surface area contributed by atoms with Crippen molar-refractivity contribution in [2.75, 3.05) is 0 Å². The van der Waals surface area contributed by atoms with Crippen molar-refractivity contribution in [3.05, 3.63) is 28.2 Å². The molecule has 72 valence electrons. The third-order valence-corrected chi connectivity index (χ3v) is 3.02. The molecule has 0 aromatic heterocycles. The molecule has 1 nitrogen and oxygen atoms in total. The number of halogens is 1. The minimum absolute atomic E-state index is 0.342. The SMILES string of the molecule is CCCCCc1cccc(O)c1Br. The number of phenolic OH excluding ortho intramolecular Hbond substituents is 1. The van der Waals surface area contributed by atoms with Crippen LogP contribution in [0.25, 0.3) is 0 Å². The summed E-state index contributed by atoms with van der Waals surface area (Å²) >= 11 is 3.38. The molecule has 0 atom stereocenters. The largest absolute Gasteiger partial charge is 0.507 e. The van der Waals surface area contributed by atoms with Gasteiger partial charge in [0, 0.05) is 0 Å². The first kappa shape index (κ1) is 10.6. The smallest absolute Gasteiger partial charge is 0.130 e. The van der Waals surface area contributed by atoms with Gasteiger partial charge in [-0.3, -0.25) is 0 Å². The number of aryl methyl sites for hydroxylation is 1. The van der Waals surface area contributed by atoms with Gasteiger partial charge in [0.15, 0.2) is 0 Å². The van der Waals surface area contributed by atoms with Gasteiger partial charge < -0.3 is 5.11 Å². The number of hydrogen-bond donors (Lipinski definition) is 1. The molecule has 1 rings (SSSR count). The van der Waals surface area contributed by atoms with E-state index in [1.165, 1.54) is 24.8 Å². The van der Waals surface area contributed by atoms with Gasteiger partial charge in [0.05, 0.1) is 4.47 Å². The van der Waals surface area contributed by atoms with E-state index in [1.54, 1.807) is 6.07 Å². The maximum absolute atomic E-state index is 9.41. The molecule has 0 fully saturated rings. The summed E-state index contributed by atoms with van der Waals surface area (Å²) in [5.74, 6) is 0.342. The second kappa shape index (κ2) is 5.28. The molecule has 1 aromatic carbocycles. The zero-order chi connectivity index (χ0) is 9.68. The van der Waals surface area contributed by atoms with Crippen molar-refractivity contribution in [2.24, 2.45) is 0 Å². The summed E-state index contributed by atoms with van der Waals surface area (Å²) in [5, 5.41) is 9.41. The molecule has 0 aliphatic heterocycles. The normalized spacial score (nSPS) is 10.3. The first-order chi connectivity index (χ1) is 6.25. The first-order valence-corrected chi connectivity index (χ1v) is 5.51. The molecule has 0 amide bonds. The zero-order valence-electron chi connectivity index (χ0n) is 7.89. The van der Waals surface area contributed by atoms with E-state index in [0.29, 0.717) is 5.75 Å².